The molecule has 9 heteroatoms. The van der Waals surface area contributed by atoms with E-state index in [0.717, 1.165) is 10.5 Å². The molecule has 1 atom stereocenters. The lowest BCUT2D eigenvalue weighted by molar-refractivity contribution is -0.124. The summed E-state index contributed by atoms with van der Waals surface area (Å²) in [5, 5.41) is 2.77. The van der Waals surface area contributed by atoms with Gasteiger partial charge in [0.1, 0.15) is 23.4 Å². The quantitative estimate of drug-likeness (QED) is 0.442. The second-order valence-corrected chi connectivity index (χ2v) is 8.14. The lowest BCUT2D eigenvalue weighted by atomic mass is 10.1. The Morgan fingerprint density at radius 1 is 1.00 bits per heavy atom. The van der Waals surface area contributed by atoms with Gasteiger partial charge in [-0.15, -0.1) is 0 Å². The average Bonchev–Trinajstić information content (AvgIpc) is 3.10. The normalized spacial score (nSPS) is 15.2. The third-order valence-corrected chi connectivity index (χ3v) is 5.72. The first-order chi connectivity index (χ1) is 17.4. The molecule has 36 heavy (non-hydrogen) atoms. The Hall–Kier alpha value is -4.40. The zero-order valence-corrected chi connectivity index (χ0v) is 19.9. The van der Waals surface area contributed by atoms with E-state index in [2.05, 4.69) is 5.32 Å². The molecule has 0 spiro atoms. The van der Waals surface area contributed by atoms with Crippen LogP contribution in [0.2, 0.25) is 0 Å². The summed E-state index contributed by atoms with van der Waals surface area (Å²) < 4.78 is 24.1. The number of urea groups is 1. The zero-order valence-electron chi connectivity index (χ0n) is 19.9. The number of nitrogens with one attached hydrogen (secondary N) is 1. The number of nitrogens with zero attached hydrogens (tertiary/aromatic N) is 2. The van der Waals surface area contributed by atoms with E-state index >= 15 is 0 Å². The molecular weight excluding hydrogens is 465 g/mol. The van der Waals surface area contributed by atoms with Gasteiger partial charge in [-0.2, -0.15) is 0 Å². The number of ether oxygens (including phenoxy) is 2. The van der Waals surface area contributed by atoms with Crippen molar-refractivity contribution in [3.63, 3.8) is 0 Å². The van der Waals surface area contributed by atoms with Crippen molar-refractivity contribution >= 4 is 29.2 Å². The van der Waals surface area contributed by atoms with Gasteiger partial charge in [0.15, 0.2) is 0 Å². The molecule has 186 valence electrons. The van der Waals surface area contributed by atoms with Crippen LogP contribution in [-0.4, -0.2) is 42.5 Å². The van der Waals surface area contributed by atoms with Crippen molar-refractivity contribution in [1.29, 1.82) is 0 Å². The summed E-state index contributed by atoms with van der Waals surface area (Å²) in [5.41, 5.74) is 1.50. The van der Waals surface area contributed by atoms with Crippen LogP contribution in [0.25, 0.3) is 0 Å². The van der Waals surface area contributed by atoms with Gasteiger partial charge in [0.25, 0.3) is 5.91 Å². The summed E-state index contributed by atoms with van der Waals surface area (Å²) in [4.78, 5) is 42.0. The standard InChI is InChI=1S/C27H26FN3O5/c1-3-36-22-13-9-20(10-14-22)29-25(32)16-24-26(33)31(21-11-7-19(28)8-12-21)27(34)30(24)17-18-5-4-6-23(15-18)35-2/h4-15,24H,3,16-17H2,1-2H3,(H,29,32). The predicted molar refractivity (Wildman–Crippen MR) is 132 cm³/mol. The van der Waals surface area contributed by atoms with Gasteiger partial charge < -0.3 is 19.7 Å². The molecular formula is C27H26FN3O5. The highest BCUT2D eigenvalue weighted by Crippen LogP contribution is 2.29. The minimum Gasteiger partial charge on any atom is -0.497 e. The second-order valence-electron chi connectivity index (χ2n) is 8.14. The molecule has 8 nitrogen and oxygen atoms in total. The smallest absolute Gasteiger partial charge is 0.332 e. The number of halogens is 1. The van der Waals surface area contributed by atoms with Crippen molar-refractivity contribution in [2.24, 2.45) is 0 Å². The molecule has 4 amide bonds. The third-order valence-electron chi connectivity index (χ3n) is 5.72. The maximum absolute atomic E-state index is 13.5. The fourth-order valence-electron chi connectivity index (χ4n) is 4.00. The monoisotopic (exact) mass is 491 g/mol. The largest absolute Gasteiger partial charge is 0.497 e. The van der Waals surface area contributed by atoms with Gasteiger partial charge >= 0.3 is 6.03 Å². The van der Waals surface area contributed by atoms with Crippen molar-refractivity contribution in [2.75, 3.05) is 23.9 Å². The van der Waals surface area contributed by atoms with Crippen LogP contribution in [0.4, 0.5) is 20.6 Å². The van der Waals surface area contributed by atoms with E-state index in [1.165, 1.54) is 36.3 Å². The Balaban J connectivity index is 1.57. The molecule has 1 N–H and O–H groups in total. The second kappa shape index (κ2) is 10.9. The SMILES string of the molecule is CCOc1ccc(NC(=O)CC2C(=O)N(c3ccc(F)cc3)C(=O)N2Cc2cccc(OC)c2)cc1. The van der Waals surface area contributed by atoms with Crippen LogP contribution >= 0.6 is 0 Å². The van der Waals surface area contributed by atoms with E-state index in [0.29, 0.717) is 23.8 Å². The summed E-state index contributed by atoms with van der Waals surface area (Å²) in [6.07, 6.45) is -0.251. The molecule has 0 bridgehead atoms. The minimum atomic E-state index is -1.04. The van der Waals surface area contributed by atoms with Gasteiger partial charge in [-0.05, 0) is 73.2 Å². The van der Waals surface area contributed by atoms with Gasteiger partial charge in [-0.1, -0.05) is 12.1 Å². The number of hydrogen-bond donors (Lipinski definition) is 1. The van der Waals surface area contributed by atoms with Crippen LogP contribution in [0.3, 0.4) is 0 Å². The molecule has 1 heterocycles. The predicted octanol–water partition coefficient (Wildman–Crippen LogP) is 4.60. The Labute approximate surface area is 208 Å². The zero-order chi connectivity index (χ0) is 25.7. The molecule has 1 unspecified atom stereocenters. The maximum atomic E-state index is 13.5. The van der Waals surface area contributed by atoms with Crippen molar-refractivity contribution in [3.8, 4) is 11.5 Å². The van der Waals surface area contributed by atoms with Crippen LogP contribution in [0.15, 0.2) is 72.8 Å². The lowest BCUT2D eigenvalue weighted by Gasteiger charge is -2.22. The first-order valence-corrected chi connectivity index (χ1v) is 11.5. The molecule has 1 aliphatic heterocycles. The Bertz CT molecular complexity index is 1250. The Kier molecular flexibility index (Phi) is 7.48. The molecule has 1 saturated heterocycles. The van der Waals surface area contributed by atoms with Gasteiger partial charge in [-0.25, -0.2) is 14.1 Å². The summed E-state index contributed by atoms with van der Waals surface area (Å²) >= 11 is 0. The first-order valence-electron chi connectivity index (χ1n) is 11.5. The minimum absolute atomic E-state index is 0.0838. The number of hydrogen-bond acceptors (Lipinski definition) is 5. The number of methoxy groups -OCH3 is 1. The first kappa shape index (κ1) is 24.7. The number of benzene rings is 3. The maximum Gasteiger partial charge on any atom is 0.332 e. The van der Waals surface area contributed by atoms with Crippen LogP contribution in [0, 0.1) is 5.82 Å². The number of rotatable bonds is 9. The van der Waals surface area contributed by atoms with Crippen molar-refractivity contribution in [3.05, 3.63) is 84.2 Å². The van der Waals surface area contributed by atoms with Gasteiger partial charge in [0, 0.05) is 12.2 Å². The van der Waals surface area contributed by atoms with Gasteiger partial charge in [0.05, 0.1) is 25.8 Å². The number of carbonyl (C=O) groups excluding carboxylic acids is 3. The number of amides is 4. The molecule has 0 aromatic heterocycles. The van der Waals surface area contributed by atoms with Crippen LogP contribution < -0.4 is 19.7 Å². The average molecular weight is 492 g/mol. The lowest BCUT2D eigenvalue weighted by Crippen LogP contribution is -2.37. The molecule has 4 rings (SSSR count). The van der Waals surface area contributed by atoms with Crippen LogP contribution in [0.5, 0.6) is 11.5 Å². The molecule has 0 radical (unpaired) electrons. The fraction of sp³-hybridized carbons (Fsp3) is 0.222. The summed E-state index contributed by atoms with van der Waals surface area (Å²) in [6, 6.07) is 17.4. The molecule has 0 saturated carbocycles. The van der Waals surface area contributed by atoms with E-state index in [-0.39, 0.29) is 18.7 Å². The number of carbonyl (C=O) groups is 3. The van der Waals surface area contributed by atoms with Crippen molar-refractivity contribution in [2.45, 2.75) is 25.9 Å². The van der Waals surface area contributed by atoms with Crippen molar-refractivity contribution < 1.29 is 28.2 Å². The number of imide groups is 1. The molecule has 3 aromatic carbocycles. The highest BCUT2D eigenvalue weighted by molar-refractivity contribution is 6.22. The molecule has 1 fully saturated rings. The topological polar surface area (TPSA) is 88.2 Å². The van der Waals surface area contributed by atoms with Crippen molar-refractivity contribution in [1.82, 2.24) is 4.90 Å². The van der Waals surface area contributed by atoms with Gasteiger partial charge in [-0.3, -0.25) is 9.59 Å². The molecule has 1 aliphatic rings. The van der Waals surface area contributed by atoms with E-state index in [1.807, 2.05) is 6.92 Å². The van der Waals surface area contributed by atoms with E-state index in [9.17, 15) is 18.8 Å². The highest BCUT2D eigenvalue weighted by Gasteiger charge is 2.46. The van der Waals surface area contributed by atoms with E-state index in [4.69, 9.17) is 9.47 Å². The highest BCUT2D eigenvalue weighted by atomic mass is 19.1. The fourth-order valence-corrected chi connectivity index (χ4v) is 4.00. The summed E-state index contributed by atoms with van der Waals surface area (Å²) in [5.74, 6) is -0.201. The third kappa shape index (κ3) is 5.46. The van der Waals surface area contributed by atoms with Gasteiger partial charge in [0.2, 0.25) is 5.91 Å². The van der Waals surface area contributed by atoms with Crippen LogP contribution in [0.1, 0.15) is 18.9 Å². The van der Waals surface area contributed by atoms with E-state index < -0.39 is 29.7 Å². The molecule has 0 aliphatic carbocycles. The summed E-state index contributed by atoms with van der Waals surface area (Å²) in [6.45, 7) is 2.49. The Morgan fingerprint density at radius 3 is 2.39 bits per heavy atom. The number of anilines is 2. The Morgan fingerprint density at radius 2 is 1.72 bits per heavy atom. The van der Waals surface area contributed by atoms with E-state index in [1.54, 1.807) is 48.5 Å². The summed E-state index contributed by atoms with van der Waals surface area (Å²) in [7, 11) is 1.54. The molecule has 3 aromatic rings. The van der Waals surface area contributed by atoms with Crippen LogP contribution in [-0.2, 0) is 16.1 Å².